The Morgan fingerprint density at radius 1 is 1.12 bits per heavy atom. The number of rotatable bonds is 3. The molecule has 0 bridgehead atoms. The van der Waals surface area contributed by atoms with Gasteiger partial charge in [0.05, 0.1) is 11.6 Å². The van der Waals surface area contributed by atoms with Gasteiger partial charge in [0.2, 0.25) is 0 Å². The SMILES string of the molecule is COc1cccc(Oc2ncc(Br)cn2)c1. The van der Waals surface area contributed by atoms with Crippen LogP contribution in [0.3, 0.4) is 0 Å². The molecule has 0 atom stereocenters. The Morgan fingerprint density at radius 2 is 1.81 bits per heavy atom. The lowest BCUT2D eigenvalue weighted by molar-refractivity contribution is 0.404. The van der Waals surface area contributed by atoms with Crippen LogP contribution in [0.5, 0.6) is 17.5 Å². The minimum Gasteiger partial charge on any atom is -0.497 e. The first-order valence-corrected chi connectivity index (χ1v) is 5.36. The Labute approximate surface area is 101 Å². The zero-order valence-corrected chi connectivity index (χ0v) is 10.1. The number of hydrogen-bond acceptors (Lipinski definition) is 4. The van der Waals surface area contributed by atoms with Crippen LogP contribution in [0.15, 0.2) is 41.1 Å². The third-order valence-electron chi connectivity index (χ3n) is 1.85. The molecule has 82 valence electrons. The maximum atomic E-state index is 5.45. The smallest absolute Gasteiger partial charge is 0.321 e. The molecule has 1 heterocycles. The fourth-order valence-corrected chi connectivity index (χ4v) is 1.33. The number of hydrogen-bond donors (Lipinski definition) is 0. The largest absolute Gasteiger partial charge is 0.497 e. The molecule has 0 unspecified atom stereocenters. The van der Waals surface area contributed by atoms with E-state index in [9.17, 15) is 0 Å². The van der Waals surface area contributed by atoms with Gasteiger partial charge in [-0.2, -0.15) is 0 Å². The number of nitrogens with zero attached hydrogens (tertiary/aromatic N) is 2. The van der Waals surface area contributed by atoms with E-state index in [-0.39, 0.29) is 0 Å². The van der Waals surface area contributed by atoms with Crippen LogP contribution in [0.4, 0.5) is 0 Å². The Morgan fingerprint density at radius 3 is 2.50 bits per heavy atom. The van der Waals surface area contributed by atoms with Gasteiger partial charge in [-0.3, -0.25) is 0 Å². The van der Waals surface area contributed by atoms with Crippen LogP contribution in [0, 0.1) is 0 Å². The van der Waals surface area contributed by atoms with Crippen LogP contribution in [-0.2, 0) is 0 Å². The average Bonchev–Trinajstić information content (AvgIpc) is 2.32. The van der Waals surface area contributed by atoms with Gasteiger partial charge in [-0.1, -0.05) is 6.07 Å². The second-order valence-electron chi connectivity index (χ2n) is 2.96. The van der Waals surface area contributed by atoms with Crippen LogP contribution >= 0.6 is 15.9 Å². The zero-order valence-electron chi connectivity index (χ0n) is 8.55. The van der Waals surface area contributed by atoms with E-state index < -0.39 is 0 Å². The molecular weight excluding hydrogens is 272 g/mol. The molecule has 2 rings (SSSR count). The molecule has 1 aromatic heterocycles. The van der Waals surface area contributed by atoms with E-state index in [2.05, 4.69) is 25.9 Å². The molecular formula is C11H9BrN2O2. The summed E-state index contributed by atoms with van der Waals surface area (Å²) in [5.41, 5.74) is 0. The first kappa shape index (κ1) is 10.9. The zero-order chi connectivity index (χ0) is 11.4. The van der Waals surface area contributed by atoms with E-state index in [1.165, 1.54) is 0 Å². The summed E-state index contributed by atoms with van der Waals surface area (Å²) in [7, 11) is 1.61. The highest BCUT2D eigenvalue weighted by molar-refractivity contribution is 9.10. The normalized spacial score (nSPS) is 9.88. The van der Waals surface area contributed by atoms with Crippen molar-refractivity contribution in [2.45, 2.75) is 0 Å². The predicted molar refractivity (Wildman–Crippen MR) is 62.8 cm³/mol. The van der Waals surface area contributed by atoms with Gasteiger partial charge < -0.3 is 9.47 Å². The molecule has 0 amide bonds. The topological polar surface area (TPSA) is 44.2 Å². The van der Waals surface area contributed by atoms with E-state index in [1.54, 1.807) is 25.6 Å². The molecule has 16 heavy (non-hydrogen) atoms. The molecule has 0 aliphatic heterocycles. The van der Waals surface area contributed by atoms with Crippen molar-refractivity contribution >= 4 is 15.9 Å². The fraction of sp³-hybridized carbons (Fsp3) is 0.0909. The summed E-state index contributed by atoms with van der Waals surface area (Å²) in [5, 5.41) is 0. The Balaban J connectivity index is 2.16. The molecule has 0 N–H and O–H groups in total. The highest BCUT2D eigenvalue weighted by Gasteiger charge is 2.01. The third-order valence-corrected chi connectivity index (χ3v) is 2.26. The molecule has 4 nitrogen and oxygen atoms in total. The van der Waals surface area contributed by atoms with Crippen molar-refractivity contribution in [2.24, 2.45) is 0 Å². The molecule has 0 radical (unpaired) electrons. The Hall–Kier alpha value is -1.62. The highest BCUT2D eigenvalue weighted by Crippen LogP contribution is 2.22. The molecule has 0 saturated carbocycles. The Kier molecular flexibility index (Phi) is 3.36. The molecule has 2 aromatic rings. The van der Waals surface area contributed by atoms with E-state index in [4.69, 9.17) is 9.47 Å². The first-order chi connectivity index (χ1) is 7.78. The van der Waals surface area contributed by atoms with Crippen molar-refractivity contribution in [2.75, 3.05) is 7.11 Å². The quantitative estimate of drug-likeness (QED) is 0.867. The predicted octanol–water partition coefficient (Wildman–Crippen LogP) is 3.04. The second-order valence-corrected chi connectivity index (χ2v) is 3.88. The molecule has 0 spiro atoms. The summed E-state index contributed by atoms with van der Waals surface area (Å²) >= 11 is 3.25. The minimum atomic E-state index is 0.302. The van der Waals surface area contributed by atoms with Crippen LogP contribution in [0.2, 0.25) is 0 Å². The highest BCUT2D eigenvalue weighted by atomic mass is 79.9. The first-order valence-electron chi connectivity index (χ1n) is 4.57. The van der Waals surface area contributed by atoms with Gasteiger partial charge in [0, 0.05) is 18.5 Å². The van der Waals surface area contributed by atoms with Crippen LogP contribution in [0.1, 0.15) is 0 Å². The average molecular weight is 281 g/mol. The number of methoxy groups -OCH3 is 1. The summed E-state index contributed by atoms with van der Waals surface area (Å²) in [6.07, 6.45) is 3.25. The summed E-state index contributed by atoms with van der Waals surface area (Å²) in [5.74, 6) is 1.37. The standard InChI is InChI=1S/C11H9BrN2O2/c1-15-9-3-2-4-10(5-9)16-11-13-6-8(12)7-14-11/h2-7H,1H3. The molecule has 0 aliphatic rings. The van der Waals surface area contributed by atoms with Gasteiger partial charge >= 0.3 is 6.01 Å². The number of ether oxygens (including phenoxy) is 2. The second kappa shape index (κ2) is 4.94. The molecule has 1 aromatic carbocycles. The van der Waals surface area contributed by atoms with Gasteiger partial charge in [-0.05, 0) is 28.1 Å². The molecule has 0 fully saturated rings. The number of benzene rings is 1. The lowest BCUT2D eigenvalue weighted by Gasteiger charge is -2.05. The van der Waals surface area contributed by atoms with Crippen molar-refractivity contribution in [1.29, 1.82) is 0 Å². The Bertz CT molecular complexity index is 474. The van der Waals surface area contributed by atoms with E-state index in [0.717, 1.165) is 10.2 Å². The van der Waals surface area contributed by atoms with Crippen LogP contribution in [-0.4, -0.2) is 17.1 Å². The summed E-state index contributed by atoms with van der Waals surface area (Å²) in [4.78, 5) is 8.02. The van der Waals surface area contributed by atoms with Gasteiger partial charge in [-0.25, -0.2) is 9.97 Å². The van der Waals surface area contributed by atoms with Gasteiger partial charge in [-0.15, -0.1) is 0 Å². The third kappa shape index (κ3) is 2.70. The maximum Gasteiger partial charge on any atom is 0.321 e. The van der Waals surface area contributed by atoms with Gasteiger partial charge in [0.15, 0.2) is 0 Å². The molecule has 5 heteroatoms. The van der Waals surface area contributed by atoms with Crippen LogP contribution < -0.4 is 9.47 Å². The summed E-state index contributed by atoms with van der Waals surface area (Å²) in [6.45, 7) is 0. The van der Waals surface area contributed by atoms with E-state index in [1.807, 2.05) is 18.2 Å². The van der Waals surface area contributed by atoms with E-state index >= 15 is 0 Å². The fourth-order valence-electron chi connectivity index (χ4n) is 1.12. The summed E-state index contributed by atoms with van der Waals surface area (Å²) in [6, 6.07) is 7.57. The molecule has 0 saturated heterocycles. The van der Waals surface area contributed by atoms with Crippen molar-refractivity contribution in [3.63, 3.8) is 0 Å². The lowest BCUT2D eigenvalue weighted by atomic mass is 10.3. The number of halogens is 1. The maximum absolute atomic E-state index is 5.45. The number of aromatic nitrogens is 2. The summed E-state index contributed by atoms with van der Waals surface area (Å²) < 4.78 is 11.3. The van der Waals surface area contributed by atoms with Crippen molar-refractivity contribution in [3.8, 4) is 17.5 Å². The monoisotopic (exact) mass is 280 g/mol. The van der Waals surface area contributed by atoms with Gasteiger partial charge in [0.25, 0.3) is 0 Å². The molecule has 0 aliphatic carbocycles. The van der Waals surface area contributed by atoms with Crippen LogP contribution in [0.25, 0.3) is 0 Å². The minimum absolute atomic E-state index is 0.302. The van der Waals surface area contributed by atoms with Crippen molar-refractivity contribution < 1.29 is 9.47 Å². The van der Waals surface area contributed by atoms with E-state index in [0.29, 0.717) is 11.8 Å². The van der Waals surface area contributed by atoms with Gasteiger partial charge in [0.1, 0.15) is 11.5 Å². The van der Waals surface area contributed by atoms with Crippen molar-refractivity contribution in [3.05, 3.63) is 41.1 Å². The van der Waals surface area contributed by atoms with Crippen molar-refractivity contribution in [1.82, 2.24) is 9.97 Å². The lowest BCUT2D eigenvalue weighted by Crippen LogP contribution is -1.91.